The molecule has 3 rings (SSSR count). The molecule has 9 heteroatoms. The van der Waals surface area contributed by atoms with E-state index in [4.69, 9.17) is 9.47 Å². The number of hydrogen-bond acceptors (Lipinski definition) is 6. The summed E-state index contributed by atoms with van der Waals surface area (Å²) in [6, 6.07) is 6.04. The van der Waals surface area contributed by atoms with Crippen molar-refractivity contribution < 1.29 is 27.5 Å². The van der Waals surface area contributed by atoms with E-state index < -0.39 is 34.6 Å². The van der Waals surface area contributed by atoms with E-state index in [1.165, 1.54) is 28.6 Å². The van der Waals surface area contributed by atoms with Crippen molar-refractivity contribution >= 4 is 27.6 Å². The molecule has 1 aliphatic heterocycles. The summed E-state index contributed by atoms with van der Waals surface area (Å²) in [6.45, 7) is 0.111. The number of hydrogen-bond donors (Lipinski definition) is 1. The van der Waals surface area contributed by atoms with Crippen LogP contribution in [0.1, 0.15) is 44.9 Å². The predicted octanol–water partition coefficient (Wildman–Crippen LogP) is 2.30. The minimum atomic E-state index is -3.58. The fraction of sp³-hybridized carbons (Fsp3) is 0.600. The number of carbonyl (C=O) groups excluding carboxylic acids is 2. The van der Waals surface area contributed by atoms with Gasteiger partial charge in [0.1, 0.15) is 0 Å². The minimum Gasteiger partial charge on any atom is -0.454 e. The summed E-state index contributed by atoms with van der Waals surface area (Å²) in [5.41, 5.74) is 0.433. The van der Waals surface area contributed by atoms with Crippen LogP contribution < -0.4 is 5.32 Å². The van der Waals surface area contributed by atoms with Crippen LogP contribution in [0.15, 0.2) is 29.2 Å². The zero-order valence-corrected chi connectivity index (χ0v) is 17.4. The third-order valence-electron chi connectivity index (χ3n) is 5.44. The van der Waals surface area contributed by atoms with Gasteiger partial charge in [0.15, 0.2) is 12.7 Å². The summed E-state index contributed by atoms with van der Waals surface area (Å²) in [4.78, 5) is 23.9. The van der Waals surface area contributed by atoms with Gasteiger partial charge in [-0.15, -0.1) is 0 Å². The standard InChI is InChI=1S/C20H28N2O6S/c1-22(16-6-3-2-4-7-16)29(25,26)17-11-9-15(10-12-17)21-19(23)14-28-20(24)18-8-5-13-27-18/h9-12,16,18H,2-8,13-14H2,1H3,(H,21,23)/t18-/m1/s1. The first kappa shape index (κ1) is 21.7. The molecule has 1 aromatic carbocycles. The largest absolute Gasteiger partial charge is 0.454 e. The molecule has 8 nitrogen and oxygen atoms in total. The molecule has 0 unspecified atom stereocenters. The Morgan fingerprint density at radius 1 is 1.10 bits per heavy atom. The van der Waals surface area contributed by atoms with E-state index in [1.807, 2.05) is 0 Å². The number of amides is 1. The highest BCUT2D eigenvalue weighted by Gasteiger charge is 2.29. The second-order valence-corrected chi connectivity index (χ2v) is 9.49. The Hall–Kier alpha value is -1.97. The number of nitrogens with zero attached hydrogens (tertiary/aromatic N) is 1. The van der Waals surface area contributed by atoms with Crippen molar-refractivity contribution in [2.24, 2.45) is 0 Å². The lowest BCUT2D eigenvalue weighted by molar-refractivity contribution is -0.156. The molecule has 1 aromatic rings. The van der Waals surface area contributed by atoms with Crippen LogP contribution in [0.25, 0.3) is 0 Å². The van der Waals surface area contributed by atoms with Gasteiger partial charge in [0.2, 0.25) is 10.0 Å². The van der Waals surface area contributed by atoms with Crippen molar-refractivity contribution in [1.82, 2.24) is 4.31 Å². The number of benzene rings is 1. The van der Waals surface area contributed by atoms with Crippen molar-refractivity contribution in [1.29, 1.82) is 0 Å². The molecule has 1 N–H and O–H groups in total. The highest BCUT2D eigenvalue weighted by atomic mass is 32.2. The van der Waals surface area contributed by atoms with Gasteiger partial charge in [0.05, 0.1) is 4.90 Å². The number of sulfonamides is 1. The minimum absolute atomic E-state index is 0.0339. The zero-order valence-electron chi connectivity index (χ0n) is 16.6. The van der Waals surface area contributed by atoms with E-state index in [1.54, 1.807) is 7.05 Å². The number of anilines is 1. The second-order valence-electron chi connectivity index (χ2n) is 7.50. The average Bonchev–Trinajstić information content (AvgIpc) is 3.27. The molecule has 0 spiro atoms. The van der Waals surface area contributed by atoms with Crippen molar-refractivity contribution in [2.75, 3.05) is 25.6 Å². The van der Waals surface area contributed by atoms with E-state index >= 15 is 0 Å². The molecule has 160 valence electrons. The Morgan fingerprint density at radius 3 is 2.41 bits per heavy atom. The predicted molar refractivity (Wildman–Crippen MR) is 107 cm³/mol. The lowest BCUT2D eigenvalue weighted by Gasteiger charge is -2.30. The zero-order chi connectivity index (χ0) is 20.9. The molecule has 0 bridgehead atoms. The third kappa shape index (κ3) is 5.55. The molecule has 1 aliphatic carbocycles. The molecule has 1 saturated carbocycles. The maximum atomic E-state index is 12.8. The normalized spacial score (nSPS) is 20.6. The molecule has 2 aliphatic rings. The lowest BCUT2D eigenvalue weighted by atomic mass is 9.96. The van der Waals surface area contributed by atoms with Crippen LogP contribution in [0.3, 0.4) is 0 Å². The molecule has 1 saturated heterocycles. The van der Waals surface area contributed by atoms with Crippen molar-refractivity contribution in [3.05, 3.63) is 24.3 Å². The van der Waals surface area contributed by atoms with Gasteiger partial charge in [-0.3, -0.25) is 4.79 Å². The van der Waals surface area contributed by atoms with E-state index in [0.717, 1.165) is 38.5 Å². The van der Waals surface area contributed by atoms with Gasteiger partial charge >= 0.3 is 5.97 Å². The molecule has 0 aromatic heterocycles. The smallest absolute Gasteiger partial charge is 0.335 e. The molecule has 1 amide bonds. The molecular formula is C20H28N2O6S. The number of esters is 1. The van der Waals surface area contributed by atoms with Gasteiger partial charge < -0.3 is 14.8 Å². The Labute approximate surface area is 171 Å². The summed E-state index contributed by atoms with van der Waals surface area (Å²) >= 11 is 0. The van der Waals surface area contributed by atoms with E-state index in [9.17, 15) is 18.0 Å². The SMILES string of the molecule is CN(C1CCCCC1)S(=O)(=O)c1ccc(NC(=O)COC(=O)[C@H]2CCCO2)cc1. The van der Waals surface area contributed by atoms with Crippen molar-refractivity contribution in [3.63, 3.8) is 0 Å². The maximum absolute atomic E-state index is 12.8. The first-order valence-electron chi connectivity index (χ1n) is 10.0. The summed E-state index contributed by atoms with van der Waals surface area (Å²) in [5.74, 6) is -1.03. The average molecular weight is 425 g/mol. The molecule has 1 heterocycles. The molecular weight excluding hydrogens is 396 g/mol. The topological polar surface area (TPSA) is 102 Å². The van der Waals surface area contributed by atoms with Crippen molar-refractivity contribution in [2.45, 2.75) is 62.0 Å². The highest BCUT2D eigenvalue weighted by molar-refractivity contribution is 7.89. The first-order valence-corrected chi connectivity index (χ1v) is 11.5. The Bertz CT molecular complexity index is 812. The summed E-state index contributed by atoms with van der Waals surface area (Å²) in [7, 11) is -1.95. The first-order chi connectivity index (χ1) is 13.9. The van der Waals surface area contributed by atoms with Crippen LogP contribution in [0.2, 0.25) is 0 Å². The second kappa shape index (κ2) is 9.69. The Balaban J connectivity index is 1.53. The Morgan fingerprint density at radius 2 is 1.79 bits per heavy atom. The molecule has 1 atom stereocenters. The fourth-order valence-electron chi connectivity index (χ4n) is 3.71. The molecule has 29 heavy (non-hydrogen) atoms. The monoisotopic (exact) mass is 424 g/mol. The van der Waals surface area contributed by atoms with Gasteiger partial charge in [-0.1, -0.05) is 19.3 Å². The van der Waals surface area contributed by atoms with E-state index in [0.29, 0.717) is 18.7 Å². The van der Waals surface area contributed by atoms with Crippen LogP contribution in [-0.4, -0.2) is 57.0 Å². The van der Waals surface area contributed by atoms with Gasteiger partial charge in [-0.25, -0.2) is 13.2 Å². The maximum Gasteiger partial charge on any atom is 0.335 e. The van der Waals surface area contributed by atoms with Gasteiger partial charge in [-0.2, -0.15) is 4.31 Å². The third-order valence-corrected chi connectivity index (χ3v) is 7.37. The number of ether oxygens (including phenoxy) is 2. The molecule has 0 radical (unpaired) electrons. The summed E-state index contributed by atoms with van der Waals surface area (Å²) in [5, 5.41) is 2.59. The number of carbonyl (C=O) groups is 2. The molecule has 2 fully saturated rings. The van der Waals surface area contributed by atoms with Crippen LogP contribution in [0, 0.1) is 0 Å². The van der Waals surface area contributed by atoms with Gasteiger partial charge in [0.25, 0.3) is 5.91 Å². The number of nitrogens with one attached hydrogen (secondary N) is 1. The number of rotatable bonds is 7. The van der Waals surface area contributed by atoms with E-state index in [2.05, 4.69) is 5.32 Å². The fourth-order valence-corrected chi connectivity index (χ4v) is 5.12. The summed E-state index contributed by atoms with van der Waals surface area (Å²) < 4.78 is 37.3. The van der Waals surface area contributed by atoms with Crippen LogP contribution >= 0.6 is 0 Å². The van der Waals surface area contributed by atoms with Crippen LogP contribution in [0.4, 0.5) is 5.69 Å². The van der Waals surface area contributed by atoms with Crippen LogP contribution in [-0.2, 0) is 29.1 Å². The van der Waals surface area contributed by atoms with Crippen molar-refractivity contribution in [3.8, 4) is 0 Å². The van der Waals surface area contributed by atoms with Gasteiger partial charge in [-0.05, 0) is 49.9 Å². The highest BCUT2D eigenvalue weighted by Crippen LogP contribution is 2.27. The van der Waals surface area contributed by atoms with E-state index in [-0.39, 0.29) is 10.9 Å². The Kier molecular flexibility index (Phi) is 7.26. The van der Waals surface area contributed by atoms with Gasteiger partial charge in [0, 0.05) is 25.4 Å². The lowest BCUT2D eigenvalue weighted by Crippen LogP contribution is -2.38. The van der Waals surface area contributed by atoms with Crippen LogP contribution in [0.5, 0.6) is 0 Å². The summed E-state index contributed by atoms with van der Waals surface area (Å²) in [6.07, 6.45) is 5.83. The quantitative estimate of drug-likeness (QED) is 0.674.